The fourth-order valence-electron chi connectivity index (χ4n) is 3.12. The van der Waals surface area contributed by atoms with Crippen molar-refractivity contribution in [3.05, 3.63) is 23.5 Å². The Morgan fingerprint density at radius 1 is 1.41 bits per heavy atom. The Bertz CT molecular complexity index is 407. The van der Waals surface area contributed by atoms with Gasteiger partial charge in [0.15, 0.2) is 0 Å². The molecule has 2 aliphatic rings. The molecule has 0 aromatic carbocycles. The first-order valence-electron chi connectivity index (χ1n) is 5.77. The number of rotatable bonds is 1. The van der Waals surface area contributed by atoms with Crippen molar-refractivity contribution in [2.24, 2.45) is 0 Å². The minimum atomic E-state index is 0. The van der Waals surface area contributed by atoms with Crippen LogP contribution in [0, 0.1) is 0 Å². The van der Waals surface area contributed by atoms with Gasteiger partial charge < -0.3 is 33.4 Å². The molecule has 0 amide bonds. The van der Waals surface area contributed by atoms with Crippen LogP contribution in [-0.4, -0.2) is 48.7 Å². The van der Waals surface area contributed by atoms with Crippen LogP contribution < -0.4 is 28.9 Å². The van der Waals surface area contributed by atoms with Crippen LogP contribution in [0.3, 0.4) is 0 Å². The number of likely N-dealkylation sites (tertiary alicyclic amines) is 1. The van der Waals surface area contributed by atoms with Gasteiger partial charge in [-0.3, -0.25) is 0 Å². The lowest BCUT2D eigenvalue weighted by Gasteiger charge is -2.39. The van der Waals surface area contributed by atoms with Crippen LogP contribution in [-0.2, 0) is 0 Å². The molecule has 1 aromatic rings. The molecule has 3 nitrogen and oxygen atoms in total. The van der Waals surface area contributed by atoms with Gasteiger partial charge in [-0.1, -0.05) is 11.6 Å². The second-order valence-electron chi connectivity index (χ2n) is 5.50. The lowest BCUT2D eigenvalue weighted by Crippen LogP contribution is -3.00. The molecule has 0 aliphatic carbocycles. The Kier molecular flexibility index (Phi) is 3.58. The fraction of sp³-hybridized carbons (Fsp3) is 0.583. The van der Waals surface area contributed by atoms with E-state index in [1.54, 1.807) is 0 Å². The van der Waals surface area contributed by atoms with E-state index in [0.29, 0.717) is 11.2 Å². The van der Waals surface area contributed by atoms with Gasteiger partial charge in [0.2, 0.25) is 0 Å². The van der Waals surface area contributed by atoms with Crippen molar-refractivity contribution in [3.8, 4) is 0 Å². The van der Waals surface area contributed by atoms with Gasteiger partial charge in [0, 0.05) is 6.42 Å². The van der Waals surface area contributed by atoms with Crippen molar-refractivity contribution in [2.75, 3.05) is 32.1 Å². The minimum Gasteiger partial charge on any atom is -1.00 e. The average Bonchev–Trinajstić information content (AvgIpc) is 2.74. The molecule has 2 atom stereocenters. The smallest absolute Gasteiger partial charge is 0.129 e. The number of hydrogen-bond donors (Lipinski definition) is 0. The number of quaternary nitrogens is 1. The molecule has 0 N–H and O–H groups in total. The van der Waals surface area contributed by atoms with Crippen LogP contribution in [0.2, 0.25) is 5.15 Å². The lowest BCUT2D eigenvalue weighted by atomic mass is 10.2. The van der Waals surface area contributed by atoms with Gasteiger partial charge in [-0.2, -0.15) is 0 Å². The molecule has 0 radical (unpaired) electrons. The summed E-state index contributed by atoms with van der Waals surface area (Å²) in [6.07, 6.45) is 3.21. The minimum absolute atomic E-state index is 0. The highest BCUT2D eigenvalue weighted by molar-refractivity contribution is 6.29. The standard InChI is InChI=1S/C12H17ClN3.HI/c1-16(2)8-10-5-11(16)7-15(10)9-3-4-12(13)14-6-9;/h3-4,6,10-11H,5,7-8H2,1-2H3;1H/q+1;/p-1/t10-,11-;/m0./s1. The number of anilines is 1. The SMILES string of the molecule is C[N+]1(C)C[C@@H]2C[C@H]1CN2c1ccc(Cl)nc1.[I-]. The van der Waals surface area contributed by atoms with Crippen LogP contribution in [0.15, 0.2) is 18.3 Å². The van der Waals surface area contributed by atoms with E-state index in [4.69, 9.17) is 11.6 Å². The number of pyridine rings is 1. The second-order valence-corrected chi connectivity index (χ2v) is 5.88. The van der Waals surface area contributed by atoms with Gasteiger partial charge in [0.1, 0.15) is 11.2 Å². The summed E-state index contributed by atoms with van der Waals surface area (Å²) in [5, 5.41) is 0.573. The molecule has 3 rings (SSSR count). The van der Waals surface area contributed by atoms with Crippen molar-refractivity contribution < 1.29 is 28.5 Å². The number of fused-ring (bicyclic) bond motifs is 2. The Morgan fingerprint density at radius 3 is 2.65 bits per heavy atom. The molecular formula is C12H17ClIN3. The molecule has 2 bridgehead atoms. The van der Waals surface area contributed by atoms with Crippen molar-refractivity contribution in [1.82, 2.24) is 4.98 Å². The predicted octanol–water partition coefficient (Wildman–Crippen LogP) is -1.22. The quantitative estimate of drug-likeness (QED) is 0.352. The summed E-state index contributed by atoms with van der Waals surface area (Å²) in [5.74, 6) is 0. The van der Waals surface area contributed by atoms with E-state index in [1.807, 2.05) is 12.3 Å². The summed E-state index contributed by atoms with van der Waals surface area (Å²) in [5.41, 5.74) is 1.22. The third kappa shape index (κ3) is 2.27. The number of aromatic nitrogens is 1. The molecule has 5 heteroatoms. The number of hydrogen-bond acceptors (Lipinski definition) is 2. The highest BCUT2D eigenvalue weighted by Gasteiger charge is 2.50. The summed E-state index contributed by atoms with van der Waals surface area (Å²) in [6.45, 7) is 2.40. The van der Waals surface area contributed by atoms with E-state index < -0.39 is 0 Å². The zero-order valence-electron chi connectivity index (χ0n) is 10.1. The number of nitrogens with zero attached hydrogens (tertiary/aromatic N) is 3. The highest BCUT2D eigenvalue weighted by Crippen LogP contribution is 2.36. The number of piperazine rings is 1. The Morgan fingerprint density at radius 2 is 2.18 bits per heavy atom. The van der Waals surface area contributed by atoms with Gasteiger partial charge in [-0.05, 0) is 12.1 Å². The summed E-state index contributed by atoms with van der Waals surface area (Å²) < 4.78 is 1.17. The normalized spacial score (nSPS) is 29.2. The Hall–Kier alpha value is -0.0700. The van der Waals surface area contributed by atoms with Crippen LogP contribution >= 0.6 is 11.6 Å². The molecule has 17 heavy (non-hydrogen) atoms. The third-order valence-electron chi connectivity index (χ3n) is 4.11. The maximum Gasteiger partial charge on any atom is 0.129 e. The first-order chi connectivity index (χ1) is 7.56. The summed E-state index contributed by atoms with van der Waals surface area (Å²) >= 11 is 5.81. The Labute approximate surface area is 124 Å². The van der Waals surface area contributed by atoms with E-state index in [0.717, 1.165) is 12.6 Å². The van der Waals surface area contributed by atoms with Crippen LogP contribution in [0.5, 0.6) is 0 Å². The molecule has 94 valence electrons. The van der Waals surface area contributed by atoms with E-state index in [-0.39, 0.29) is 24.0 Å². The molecule has 2 saturated heterocycles. The zero-order chi connectivity index (χ0) is 11.3. The largest absolute Gasteiger partial charge is 1.00 e. The molecule has 2 fully saturated rings. The maximum absolute atomic E-state index is 5.81. The van der Waals surface area contributed by atoms with Gasteiger partial charge in [-0.15, -0.1) is 0 Å². The van der Waals surface area contributed by atoms with Gasteiger partial charge >= 0.3 is 0 Å². The van der Waals surface area contributed by atoms with Crippen molar-refractivity contribution in [3.63, 3.8) is 0 Å². The fourth-order valence-corrected chi connectivity index (χ4v) is 3.23. The number of likely N-dealkylation sites (N-methyl/N-ethyl adjacent to an activating group) is 1. The van der Waals surface area contributed by atoms with Crippen molar-refractivity contribution in [2.45, 2.75) is 18.5 Å². The van der Waals surface area contributed by atoms with Gasteiger partial charge in [-0.25, -0.2) is 4.98 Å². The molecular weight excluding hydrogens is 349 g/mol. The van der Waals surface area contributed by atoms with Gasteiger partial charge in [0.25, 0.3) is 0 Å². The highest BCUT2D eigenvalue weighted by atomic mass is 127. The van der Waals surface area contributed by atoms with Crippen LogP contribution in [0.25, 0.3) is 0 Å². The third-order valence-corrected chi connectivity index (χ3v) is 4.33. The van der Waals surface area contributed by atoms with E-state index in [1.165, 1.54) is 23.1 Å². The Balaban J connectivity index is 0.00000108. The molecule has 3 heterocycles. The zero-order valence-corrected chi connectivity index (χ0v) is 13.0. The summed E-state index contributed by atoms with van der Waals surface area (Å²) in [4.78, 5) is 6.65. The topological polar surface area (TPSA) is 16.1 Å². The monoisotopic (exact) mass is 365 g/mol. The summed E-state index contributed by atoms with van der Waals surface area (Å²) in [6, 6.07) is 5.42. The second kappa shape index (κ2) is 4.55. The van der Waals surface area contributed by atoms with Crippen molar-refractivity contribution >= 4 is 17.3 Å². The molecule has 0 unspecified atom stereocenters. The maximum atomic E-state index is 5.81. The van der Waals surface area contributed by atoms with E-state index >= 15 is 0 Å². The van der Waals surface area contributed by atoms with Gasteiger partial charge in [0.05, 0.1) is 45.1 Å². The molecule has 2 aliphatic heterocycles. The molecule has 0 saturated carbocycles. The molecule has 1 aromatic heterocycles. The van der Waals surface area contributed by atoms with E-state index in [2.05, 4.69) is 30.0 Å². The summed E-state index contributed by atoms with van der Waals surface area (Å²) in [7, 11) is 4.67. The predicted molar refractivity (Wildman–Crippen MR) is 65.8 cm³/mol. The number of halogens is 2. The average molecular weight is 366 g/mol. The first-order valence-corrected chi connectivity index (χ1v) is 6.15. The lowest BCUT2D eigenvalue weighted by molar-refractivity contribution is -0.903. The van der Waals surface area contributed by atoms with Crippen LogP contribution in [0.1, 0.15) is 6.42 Å². The van der Waals surface area contributed by atoms with Crippen molar-refractivity contribution in [1.29, 1.82) is 0 Å². The first kappa shape index (κ1) is 13.4. The van der Waals surface area contributed by atoms with E-state index in [9.17, 15) is 0 Å². The van der Waals surface area contributed by atoms with Crippen LogP contribution in [0.4, 0.5) is 5.69 Å². The molecule has 0 spiro atoms.